The van der Waals surface area contributed by atoms with Gasteiger partial charge in [-0.25, -0.2) is 0 Å². The summed E-state index contributed by atoms with van der Waals surface area (Å²) in [7, 11) is 1.77. The van der Waals surface area contributed by atoms with E-state index in [-0.39, 0.29) is 5.41 Å². The summed E-state index contributed by atoms with van der Waals surface area (Å²) in [6.07, 6.45) is 2.06. The first-order chi connectivity index (χ1) is 9.72. The minimum atomic E-state index is 0.128. The third kappa shape index (κ3) is 5.86. The van der Waals surface area contributed by atoms with Gasteiger partial charge in [0.15, 0.2) is 0 Å². The number of nitrogens with one attached hydrogen (secondary N) is 2. The number of benzene rings is 1. The molecule has 3 nitrogen and oxygen atoms in total. The van der Waals surface area contributed by atoms with Crippen LogP contribution < -0.4 is 10.6 Å². The molecule has 114 valence electrons. The minimum absolute atomic E-state index is 0.128. The van der Waals surface area contributed by atoms with Crippen molar-refractivity contribution >= 4 is 11.5 Å². The van der Waals surface area contributed by atoms with Crippen molar-refractivity contribution in [2.45, 2.75) is 34.6 Å². The molecule has 0 fully saturated rings. The van der Waals surface area contributed by atoms with E-state index in [2.05, 4.69) is 75.0 Å². The van der Waals surface area contributed by atoms with Gasteiger partial charge in [-0.15, -0.1) is 0 Å². The normalized spacial score (nSPS) is 13.0. The van der Waals surface area contributed by atoms with E-state index in [0.717, 1.165) is 11.5 Å². The van der Waals surface area contributed by atoms with Gasteiger partial charge in [-0.1, -0.05) is 50.6 Å². The van der Waals surface area contributed by atoms with Gasteiger partial charge < -0.3 is 10.6 Å². The summed E-state index contributed by atoms with van der Waals surface area (Å²) in [6, 6.07) is 8.19. The van der Waals surface area contributed by atoms with Crippen molar-refractivity contribution in [2.75, 3.05) is 12.4 Å². The highest BCUT2D eigenvalue weighted by atomic mass is 15.1. The van der Waals surface area contributed by atoms with Gasteiger partial charge in [0.25, 0.3) is 0 Å². The quantitative estimate of drug-likeness (QED) is 0.631. The Bertz CT molecular complexity index is 543. The highest BCUT2D eigenvalue weighted by Gasteiger charge is 2.13. The third-order valence-corrected chi connectivity index (χ3v) is 3.40. The Kier molecular flexibility index (Phi) is 5.77. The highest BCUT2D eigenvalue weighted by Crippen LogP contribution is 2.24. The second-order valence-electron chi connectivity index (χ2n) is 6.28. The number of aliphatic imine (C=N–C) groups is 1. The van der Waals surface area contributed by atoms with Crippen molar-refractivity contribution in [2.24, 2.45) is 10.4 Å². The van der Waals surface area contributed by atoms with Crippen LogP contribution in [0, 0.1) is 12.3 Å². The maximum absolute atomic E-state index is 4.27. The molecule has 0 bridgehead atoms. The summed E-state index contributed by atoms with van der Waals surface area (Å²) >= 11 is 0. The minimum Gasteiger partial charge on any atom is -0.342 e. The number of rotatable bonds is 4. The summed E-state index contributed by atoms with van der Waals surface area (Å²) < 4.78 is 0. The van der Waals surface area contributed by atoms with Crippen LogP contribution in [0.5, 0.6) is 0 Å². The highest BCUT2D eigenvalue weighted by molar-refractivity contribution is 5.95. The Morgan fingerprint density at radius 3 is 2.24 bits per heavy atom. The van der Waals surface area contributed by atoms with E-state index in [0.29, 0.717) is 5.82 Å². The fourth-order valence-electron chi connectivity index (χ4n) is 1.58. The molecule has 0 heterocycles. The van der Waals surface area contributed by atoms with Crippen LogP contribution in [0.1, 0.15) is 33.3 Å². The molecule has 2 N–H and O–H groups in total. The number of nitrogens with zero attached hydrogens (tertiary/aromatic N) is 1. The molecule has 0 atom stereocenters. The fraction of sp³-hybridized carbons (Fsp3) is 0.389. The monoisotopic (exact) mass is 285 g/mol. The van der Waals surface area contributed by atoms with Crippen LogP contribution in [-0.2, 0) is 0 Å². The van der Waals surface area contributed by atoms with Crippen LogP contribution in [0.2, 0.25) is 0 Å². The van der Waals surface area contributed by atoms with E-state index in [4.69, 9.17) is 0 Å². The van der Waals surface area contributed by atoms with Gasteiger partial charge in [0.05, 0.1) is 0 Å². The van der Waals surface area contributed by atoms with E-state index >= 15 is 0 Å². The largest absolute Gasteiger partial charge is 0.342 e. The van der Waals surface area contributed by atoms with Crippen LogP contribution in [0.3, 0.4) is 0 Å². The molecule has 0 aliphatic heterocycles. The van der Waals surface area contributed by atoms with Crippen molar-refractivity contribution in [3.63, 3.8) is 0 Å². The molecule has 0 saturated carbocycles. The Balaban J connectivity index is 2.70. The number of anilines is 1. The first kappa shape index (κ1) is 17.0. The summed E-state index contributed by atoms with van der Waals surface area (Å²) in [4.78, 5) is 4.27. The van der Waals surface area contributed by atoms with Crippen LogP contribution in [0.15, 0.2) is 53.3 Å². The van der Waals surface area contributed by atoms with Crippen molar-refractivity contribution in [1.29, 1.82) is 0 Å². The number of amidine groups is 1. The Labute approximate surface area is 128 Å². The lowest BCUT2D eigenvalue weighted by Gasteiger charge is -2.20. The van der Waals surface area contributed by atoms with E-state index < -0.39 is 0 Å². The standard InChI is InChI=1S/C18H27N3/c1-13-8-10-16(11-9-13)20-15(3)21-17(19-7)12-14(2)18(4,5)6/h8-12,20H,3H2,1-2,4-7H3,(H,19,21)/b14-12+. The molecule has 0 aliphatic carbocycles. The molecule has 21 heavy (non-hydrogen) atoms. The van der Waals surface area contributed by atoms with Crippen molar-refractivity contribution in [1.82, 2.24) is 5.32 Å². The van der Waals surface area contributed by atoms with Crippen LogP contribution in [-0.4, -0.2) is 12.9 Å². The number of hydrogen-bond donors (Lipinski definition) is 2. The van der Waals surface area contributed by atoms with E-state index in [1.54, 1.807) is 7.05 Å². The maximum atomic E-state index is 4.27. The van der Waals surface area contributed by atoms with Crippen LogP contribution >= 0.6 is 0 Å². The topological polar surface area (TPSA) is 36.4 Å². The Morgan fingerprint density at radius 1 is 1.19 bits per heavy atom. The molecular formula is C18H27N3. The number of hydrogen-bond acceptors (Lipinski definition) is 2. The van der Waals surface area contributed by atoms with Gasteiger partial charge in [-0.3, -0.25) is 4.99 Å². The Hall–Kier alpha value is -2.03. The summed E-state index contributed by atoms with van der Waals surface area (Å²) in [5.41, 5.74) is 3.63. The van der Waals surface area contributed by atoms with Crippen LogP contribution in [0.4, 0.5) is 5.69 Å². The second-order valence-corrected chi connectivity index (χ2v) is 6.28. The van der Waals surface area contributed by atoms with E-state index in [1.165, 1.54) is 11.1 Å². The average Bonchev–Trinajstić information content (AvgIpc) is 2.39. The molecule has 0 aliphatic rings. The zero-order valence-electron chi connectivity index (χ0n) is 14.0. The number of aryl methyl sites for hydroxylation is 1. The molecule has 3 heteroatoms. The Morgan fingerprint density at radius 2 is 1.76 bits per heavy atom. The van der Waals surface area contributed by atoms with Gasteiger partial charge in [0, 0.05) is 12.7 Å². The summed E-state index contributed by atoms with van der Waals surface area (Å²) in [6.45, 7) is 14.7. The molecule has 0 unspecified atom stereocenters. The zero-order valence-corrected chi connectivity index (χ0v) is 14.0. The van der Waals surface area contributed by atoms with Gasteiger partial charge in [-0.2, -0.15) is 0 Å². The molecule has 0 amide bonds. The van der Waals surface area contributed by atoms with Crippen molar-refractivity contribution in [3.8, 4) is 0 Å². The van der Waals surface area contributed by atoms with Crippen molar-refractivity contribution < 1.29 is 0 Å². The van der Waals surface area contributed by atoms with E-state index in [1.807, 2.05) is 12.1 Å². The lowest BCUT2D eigenvalue weighted by molar-refractivity contribution is 0.504. The third-order valence-electron chi connectivity index (χ3n) is 3.40. The molecule has 1 aromatic rings. The molecule has 0 radical (unpaired) electrons. The maximum Gasteiger partial charge on any atom is 0.126 e. The van der Waals surface area contributed by atoms with Gasteiger partial charge >= 0.3 is 0 Å². The molecule has 0 aromatic heterocycles. The number of allylic oxidation sites excluding steroid dienone is 1. The van der Waals surface area contributed by atoms with Gasteiger partial charge in [0.2, 0.25) is 0 Å². The zero-order chi connectivity index (χ0) is 16.0. The predicted octanol–water partition coefficient (Wildman–Crippen LogP) is 4.49. The van der Waals surface area contributed by atoms with E-state index in [9.17, 15) is 0 Å². The van der Waals surface area contributed by atoms with Crippen LogP contribution in [0.25, 0.3) is 0 Å². The lowest BCUT2D eigenvalue weighted by atomic mass is 9.87. The molecule has 1 aromatic carbocycles. The molecule has 0 spiro atoms. The molecule has 0 saturated heterocycles. The molecular weight excluding hydrogens is 258 g/mol. The lowest BCUT2D eigenvalue weighted by Crippen LogP contribution is -2.25. The fourth-order valence-corrected chi connectivity index (χ4v) is 1.58. The van der Waals surface area contributed by atoms with Gasteiger partial charge in [0.1, 0.15) is 11.7 Å². The molecule has 1 rings (SSSR count). The summed E-state index contributed by atoms with van der Waals surface area (Å²) in [5, 5.41) is 6.43. The second kappa shape index (κ2) is 7.11. The smallest absolute Gasteiger partial charge is 0.126 e. The van der Waals surface area contributed by atoms with Crippen molar-refractivity contribution in [3.05, 3.63) is 53.9 Å². The summed E-state index contributed by atoms with van der Waals surface area (Å²) in [5.74, 6) is 1.50. The average molecular weight is 285 g/mol. The SMILES string of the molecule is C=C(NC(/C=C(\C)C(C)(C)C)=NC)Nc1ccc(C)cc1. The van der Waals surface area contributed by atoms with Gasteiger partial charge in [-0.05, 0) is 37.5 Å². The predicted molar refractivity (Wildman–Crippen MR) is 93.6 cm³/mol. The first-order valence-corrected chi connectivity index (χ1v) is 7.17. The first-order valence-electron chi connectivity index (χ1n) is 7.17.